The van der Waals surface area contributed by atoms with Gasteiger partial charge < -0.3 is 10.4 Å². The van der Waals surface area contributed by atoms with Crippen molar-refractivity contribution in [3.8, 4) is 0 Å². The van der Waals surface area contributed by atoms with E-state index in [1.807, 2.05) is 0 Å². The third-order valence-corrected chi connectivity index (χ3v) is 4.24. The van der Waals surface area contributed by atoms with E-state index in [1.165, 1.54) is 32.2 Å². The van der Waals surface area contributed by atoms with Crippen LogP contribution in [0.5, 0.6) is 0 Å². The number of rotatable bonds is 2. The van der Waals surface area contributed by atoms with Gasteiger partial charge in [-0.15, -0.1) is 0 Å². The van der Waals surface area contributed by atoms with Crippen molar-refractivity contribution in [1.82, 2.24) is 10.2 Å². The van der Waals surface area contributed by atoms with E-state index in [1.54, 1.807) is 0 Å². The summed E-state index contributed by atoms with van der Waals surface area (Å²) >= 11 is 0. The molecule has 0 aromatic heterocycles. The summed E-state index contributed by atoms with van der Waals surface area (Å²) in [5.74, 6) is 0.817. The van der Waals surface area contributed by atoms with Gasteiger partial charge in [0.1, 0.15) is 0 Å². The second-order valence-electron chi connectivity index (χ2n) is 5.55. The van der Waals surface area contributed by atoms with Crippen molar-refractivity contribution < 1.29 is 5.11 Å². The molecule has 4 unspecified atom stereocenters. The van der Waals surface area contributed by atoms with Gasteiger partial charge in [0.2, 0.25) is 0 Å². The van der Waals surface area contributed by atoms with Crippen LogP contribution in [0, 0.1) is 5.92 Å². The minimum atomic E-state index is -0.0580. The average molecular weight is 210 g/mol. The predicted octanol–water partition coefficient (Wildman–Crippen LogP) is 0.584. The maximum Gasteiger partial charge on any atom is 0.0670 e. The summed E-state index contributed by atoms with van der Waals surface area (Å²) < 4.78 is 0. The molecular formula is C12H22N2O. The molecule has 3 rings (SSSR count). The summed E-state index contributed by atoms with van der Waals surface area (Å²) in [7, 11) is 0. The van der Waals surface area contributed by atoms with Gasteiger partial charge in [0, 0.05) is 25.2 Å². The molecule has 3 fully saturated rings. The van der Waals surface area contributed by atoms with Crippen molar-refractivity contribution in [1.29, 1.82) is 0 Å². The van der Waals surface area contributed by atoms with Gasteiger partial charge in [-0.2, -0.15) is 0 Å². The molecule has 0 spiro atoms. The van der Waals surface area contributed by atoms with Crippen LogP contribution >= 0.6 is 0 Å². The van der Waals surface area contributed by atoms with Crippen molar-refractivity contribution >= 4 is 0 Å². The van der Waals surface area contributed by atoms with Crippen LogP contribution < -0.4 is 5.32 Å². The SMILES string of the molecule is OC1CC2CC2N(CC2CCCCN2)C1. The molecule has 0 amide bonds. The summed E-state index contributed by atoms with van der Waals surface area (Å²) in [6, 6.07) is 1.50. The summed E-state index contributed by atoms with van der Waals surface area (Å²) in [6.45, 7) is 3.27. The van der Waals surface area contributed by atoms with Crippen LogP contribution in [0.2, 0.25) is 0 Å². The minimum Gasteiger partial charge on any atom is -0.392 e. The highest BCUT2D eigenvalue weighted by Gasteiger charge is 2.47. The van der Waals surface area contributed by atoms with Crippen LogP contribution in [0.4, 0.5) is 0 Å². The van der Waals surface area contributed by atoms with Gasteiger partial charge in [-0.3, -0.25) is 4.90 Å². The van der Waals surface area contributed by atoms with Crippen LogP contribution in [0.3, 0.4) is 0 Å². The Bertz CT molecular complexity index is 228. The van der Waals surface area contributed by atoms with Gasteiger partial charge in [0.25, 0.3) is 0 Å². The molecule has 86 valence electrons. The van der Waals surface area contributed by atoms with E-state index in [0.717, 1.165) is 31.5 Å². The molecule has 2 aliphatic heterocycles. The highest BCUT2D eigenvalue weighted by Crippen LogP contribution is 2.43. The third kappa shape index (κ3) is 2.19. The predicted molar refractivity (Wildman–Crippen MR) is 59.7 cm³/mol. The molecule has 2 saturated heterocycles. The lowest BCUT2D eigenvalue weighted by atomic mass is 10.0. The van der Waals surface area contributed by atoms with Gasteiger partial charge in [-0.05, 0) is 38.1 Å². The first-order chi connectivity index (χ1) is 7.33. The van der Waals surface area contributed by atoms with Crippen molar-refractivity contribution in [2.45, 2.75) is 50.3 Å². The largest absolute Gasteiger partial charge is 0.392 e. The molecule has 3 nitrogen and oxygen atoms in total. The standard InChI is InChI=1S/C12H22N2O/c15-11-5-9-6-12(9)14(8-11)7-10-3-1-2-4-13-10/h9-13,15H,1-8H2. The number of likely N-dealkylation sites (tertiary alicyclic amines) is 1. The fraction of sp³-hybridized carbons (Fsp3) is 1.00. The van der Waals surface area contributed by atoms with Crippen molar-refractivity contribution in [3.05, 3.63) is 0 Å². The zero-order valence-corrected chi connectivity index (χ0v) is 9.36. The van der Waals surface area contributed by atoms with Crippen molar-refractivity contribution in [2.24, 2.45) is 5.92 Å². The van der Waals surface area contributed by atoms with Crippen LogP contribution in [0.15, 0.2) is 0 Å². The fourth-order valence-electron chi connectivity index (χ4n) is 3.34. The van der Waals surface area contributed by atoms with E-state index in [0.29, 0.717) is 6.04 Å². The third-order valence-electron chi connectivity index (χ3n) is 4.24. The maximum atomic E-state index is 9.74. The molecule has 4 atom stereocenters. The van der Waals surface area contributed by atoms with Gasteiger partial charge in [0.15, 0.2) is 0 Å². The number of hydrogen-bond donors (Lipinski definition) is 2. The summed E-state index contributed by atoms with van der Waals surface area (Å²) in [5, 5.41) is 13.3. The van der Waals surface area contributed by atoms with E-state index in [-0.39, 0.29) is 6.10 Å². The van der Waals surface area contributed by atoms with E-state index < -0.39 is 0 Å². The number of aliphatic hydroxyl groups excluding tert-OH is 1. The quantitative estimate of drug-likeness (QED) is 0.700. The molecular weight excluding hydrogens is 188 g/mol. The first kappa shape index (κ1) is 10.1. The van der Waals surface area contributed by atoms with E-state index in [2.05, 4.69) is 10.2 Å². The van der Waals surface area contributed by atoms with Crippen LogP contribution in [0.1, 0.15) is 32.1 Å². The Morgan fingerprint density at radius 1 is 1.27 bits per heavy atom. The van der Waals surface area contributed by atoms with Crippen LogP contribution in [-0.4, -0.2) is 47.8 Å². The Balaban J connectivity index is 1.53. The minimum absolute atomic E-state index is 0.0580. The first-order valence-electron chi connectivity index (χ1n) is 6.48. The molecule has 15 heavy (non-hydrogen) atoms. The summed E-state index contributed by atoms with van der Waals surface area (Å²) in [4.78, 5) is 2.53. The smallest absolute Gasteiger partial charge is 0.0670 e. The Morgan fingerprint density at radius 3 is 3.00 bits per heavy atom. The first-order valence-corrected chi connectivity index (χ1v) is 6.48. The van der Waals surface area contributed by atoms with E-state index >= 15 is 0 Å². The monoisotopic (exact) mass is 210 g/mol. The Kier molecular flexibility index (Phi) is 2.71. The number of β-amino-alcohol motifs (C(OH)–C–C–N with tert-alkyl or cyclic N) is 1. The summed E-state index contributed by atoms with van der Waals surface area (Å²) in [6.07, 6.45) is 6.37. The van der Waals surface area contributed by atoms with Gasteiger partial charge in [-0.25, -0.2) is 0 Å². The number of aliphatic hydroxyl groups is 1. The highest BCUT2D eigenvalue weighted by atomic mass is 16.3. The number of nitrogens with zero attached hydrogens (tertiary/aromatic N) is 1. The Morgan fingerprint density at radius 2 is 2.20 bits per heavy atom. The van der Waals surface area contributed by atoms with Gasteiger partial charge in [0.05, 0.1) is 6.10 Å². The van der Waals surface area contributed by atoms with Gasteiger partial charge >= 0.3 is 0 Å². The Hall–Kier alpha value is -0.120. The molecule has 0 bridgehead atoms. The average Bonchev–Trinajstić information content (AvgIpc) is 2.98. The molecule has 2 heterocycles. The molecule has 3 aliphatic rings. The number of nitrogens with one attached hydrogen (secondary N) is 1. The molecule has 1 aliphatic carbocycles. The lowest BCUT2D eigenvalue weighted by molar-refractivity contribution is 0.0589. The second-order valence-corrected chi connectivity index (χ2v) is 5.55. The molecule has 0 aromatic rings. The number of piperidine rings is 2. The number of hydrogen-bond acceptors (Lipinski definition) is 3. The van der Waals surface area contributed by atoms with Crippen molar-refractivity contribution in [2.75, 3.05) is 19.6 Å². The summed E-state index contributed by atoms with van der Waals surface area (Å²) in [5.41, 5.74) is 0. The van der Waals surface area contributed by atoms with E-state index in [9.17, 15) is 5.11 Å². The number of fused-ring (bicyclic) bond motifs is 1. The molecule has 1 saturated carbocycles. The van der Waals surface area contributed by atoms with Crippen LogP contribution in [-0.2, 0) is 0 Å². The maximum absolute atomic E-state index is 9.74. The zero-order valence-electron chi connectivity index (χ0n) is 9.36. The molecule has 0 aromatic carbocycles. The highest BCUT2D eigenvalue weighted by molar-refractivity contribution is 5.01. The van der Waals surface area contributed by atoms with Crippen LogP contribution in [0.25, 0.3) is 0 Å². The molecule has 0 radical (unpaired) electrons. The molecule has 2 N–H and O–H groups in total. The zero-order chi connectivity index (χ0) is 10.3. The second kappa shape index (κ2) is 4.04. The lowest BCUT2D eigenvalue weighted by Gasteiger charge is -2.34. The lowest BCUT2D eigenvalue weighted by Crippen LogP contribution is -2.48. The fourth-order valence-corrected chi connectivity index (χ4v) is 3.34. The van der Waals surface area contributed by atoms with Gasteiger partial charge in [-0.1, -0.05) is 6.42 Å². The van der Waals surface area contributed by atoms with E-state index in [4.69, 9.17) is 0 Å². The topological polar surface area (TPSA) is 35.5 Å². The van der Waals surface area contributed by atoms with Crippen molar-refractivity contribution in [3.63, 3.8) is 0 Å². The normalized spacial score (nSPS) is 46.2. The Labute approximate surface area is 91.8 Å². The molecule has 3 heteroatoms.